The van der Waals surface area contributed by atoms with Gasteiger partial charge >= 0.3 is 0 Å². The third-order valence-electron chi connectivity index (χ3n) is 4.27. The Balaban J connectivity index is 2.10. The van der Waals surface area contributed by atoms with Crippen LogP contribution in [0, 0.1) is 35.0 Å². The topological polar surface area (TPSA) is 3.24 Å². The minimum absolute atomic E-state index is 0.00161. The van der Waals surface area contributed by atoms with Crippen molar-refractivity contribution in [3.63, 3.8) is 0 Å². The lowest BCUT2D eigenvalue weighted by Crippen LogP contribution is -2.46. The fraction of sp³-hybridized carbons (Fsp3) is 0.538. The fourth-order valence-electron chi connectivity index (χ4n) is 3.24. The summed E-state index contributed by atoms with van der Waals surface area (Å²) in [5.74, 6) is -9.72. The van der Waals surface area contributed by atoms with Crippen LogP contribution in [0.1, 0.15) is 24.3 Å². The summed E-state index contributed by atoms with van der Waals surface area (Å²) >= 11 is 0. The molecule has 0 aliphatic carbocycles. The number of hydrogen-bond donors (Lipinski definition) is 0. The quantitative estimate of drug-likeness (QED) is 0.433. The average Bonchev–Trinajstić information content (AvgIpc) is 2.45. The number of benzene rings is 1. The summed E-state index contributed by atoms with van der Waals surface area (Å²) < 4.78 is 67.0. The lowest BCUT2D eigenvalue weighted by Gasteiger charge is -2.45. The van der Waals surface area contributed by atoms with Crippen LogP contribution in [-0.2, 0) is 0 Å². The first-order chi connectivity index (χ1) is 9.00. The zero-order valence-corrected chi connectivity index (χ0v) is 10.0. The van der Waals surface area contributed by atoms with E-state index in [1.807, 2.05) is 4.90 Å². The zero-order chi connectivity index (χ0) is 13.7. The second-order valence-electron chi connectivity index (χ2n) is 5.23. The molecule has 3 heterocycles. The highest BCUT2D eigenvalue weighted by atomic mass is 19.2. The van der Waals surface area contributed by atoms with Crippen molar-refractivity contribution in [1.82, 2.24) is 4.90 Å². The predicted molar refractivity (Wildman–Crippen MR) is 58.1 cm³/mol. The molecule has 1 aromatic carbocycles. The summed E-state index contributed by atoms with van der Waals surface area (Å²) in [5.41, 5.74) is -0.634. The molecule has 1 nitrogen and oxygen atoms in total. The Morgan fingerprint density at radius 3 is 1.63 bits per heavy atom. The van der Waals surface area contributed by atoms with Gasteiger partial charge in [0, 0.05) is 18.0 Å². The van der Waals surface area contributed by atoms with Crippen molar-refractivity contribution in [3.8, 4) is 0 Å². The first kappa shape index (κ1) is 12.8. The summed E-state index contributed by atoms with van der Waals surface area (Å²) in [7, 11) is 0. The third kappa shape index (κ3) is 1.84. The molecule has 2 bridgehead atoms. The van der Waals surface area contributed by atoms with Crippen molar-refractivity contribution >= 4 is 0 Å². The molecular weight excluding hydrogens is 265 g/mol. The van der Waals surface area contributed by atoms with E-state index in [2.05, 4.69) is 0 Å². The molecule has 0 N–H and O–H groups in total. The Morgan fingerprint density at radius 1 is 0.737 bits per heavy atom. The van der Waals surface area contributed by atoms with Crippen LogP contribution in [0.15, 0.2) is 0 Å². The van der Waals surface area contributed by atoms with Crippen molar-refractivity contribution in [2.75, 3.05) is 19.6 Å². The van der Waals surface area contributed by atoms with Crippen molar-refractivity contribution in [3.05, 3.63) is 34.6 Å². The van der Waals surface area contributed by atoms with Crippen LogP contribution >= 0.6 is 0 Å². The van der Waals surface area contributed by atoms with E-state index < -0.39 is 40.6 Å². The molecule has 0 radical (unpaired) electrons. The largest absolute Gasteiger partial charge is 0.303 e. The van der Waals surface area contributed by atoms with Crippen molar-refractivity contribution in [2.24, 2.45) is 5.92 Å². The van der Waals surface area contributed by atoms with Crippen LogP contribution in [0.25, 0.3) is 0 Å². The van der Waals surface area contributed by atoms with Gasteiger partial charge in [0.15, 0.2) is 23.3 Å². The fourth-order valence-corrected chi connectivity index (χ4v) is 3.24. The molecule has 0 unspecified atom stereocenters. The van der Waals surface area contributed by atoms with Gasteiger partial charge in [-0.3, -0.25) is 0 Å². The molecule has 0 aromatic heterocycles. The summed E-state index contributed by atoms with van der Waals surface area (Å²) in [6, 6.07) is 0. The molecule has 6 heteroatoms. The van der Waals surface area contributed by atoms with Crippen molar-refractivity contribution in [2.45, 2.75) is 18.8 Å². The van der Waals surface area contributed by atoms with Gasteiger partial charge in [-0.05, 0) is 31.8 Å². The molecule has 3 aliphatic heterocycles. The summed E-state index contributed by atoms with van der Waals surface area (Å²) in [6.07, 6.45) is 1.48. The lowest BCUT2D eigenvalue weighted by atomic mass is 9.75. The van der Waals surface area contributed by atoms with E-state index in [9.17, 15) is 22.0 Å². The maximum atomic E-state index is 13.8. The molecule has 0 spiro atoms. The molecule has 3 aliphatic rings. The van der Waals surface area contributed by atoms with Crippen LogP contribution in [0.3, 0.4) is 0 Å². The normalized spacial score (nSPS) is 29.8. The van der Waals surface area contributed by atoms with E-state index in [1.54, 1.807) is 0 Å². The molecule has 1 aromatic rings. The van der Waals surface area contributed by atoms with Gasteiger partial charge in [-0.15, -0.1) is 0 Å². The predicted octanol–water partition coefficient (Wildman–Crippen LogP) is 3.19. The summed E-state index contributed by atoms with van der Waals surface area (Å²) in [5, 5.41) is 0. The maximum Gasteiger partial charge on any atom is 0.200 e. The number of nitrogens with zero attached hydrogens (tertiary/aromatic N) is 1. The average molecular weight is 277 g/mol. The number of fused-ring (bicyclic) bond motifs is 3. The molecular formula is C13H12F5N. The lowest BCUT2D eigenvalue weighted by molar-refractivity contribution is 0.0830. The second-order valence-corrected chi connectivity index (χ2v) is 5.23. The molecule has 3 saturated heterocycles. The zero-order valence-electron chi connectivity index (χ0n) is 10.0. The number of rotatable bonds is 1. The second kappa shape index (κ2) is 4.44. The van der Waals surface area contributed by atoms with Crippen LogP contribution in [0.4, 0.5) is 22.0 Å². The van der Waals surface area contributed by atoms with Gasteiger partial charge in [-0.25, -0.2) is 22.0 Å². The van der Waals surface area contributed by atoms with Crippen LogP contribution in [-0.4, -0.2) is 24.5 Å². The number of halogens is 5. The van der Waals surface area contributed by atoms with Crippen LogP contribution in [0.5, 0.6) is 0 Å². The van der Waals surface area contributed by atoms with Gasteiger partial charge < -0.3 is 4.90 Å². The molecule has 3 fully saturated rings. The Labute approximate surface area is 107 Å². The first-order valence-electron chi connectivity index (χ1n) is 6.24. The van der Waals surface area contributed by atoms with Gasteiger partial charge in [-0.1, -0.05) is 0 Å². The number of piperidine rings is 3. The van der Waals surface area contributed by atoms with E-state index in [0.29, 0.717) is 6.54 Å². The highest BCUT2D eigenvalue weighted by molar-refractivity contribution is 5.29. The van der Waals surface area contributed by atoms with E-state index in [1.165, 1.54) is 0 Å². The Bertz CT molecular complexity index is 493. The molecule has 0 amide bonds. The minimum atomic E-state index is -2.08. The standard InChI is InChI=1S/C13H12F5N/c14-9-8(10(15)12(17)13(18)11(9)16)7-5-19-3-1-6(7)2-4-19/h6-7H,1-5H2/t7-/m1/s1. The van der Waals surface area contributed by atoms with Gasteiger partial charge in [-0.2, -0.15) is 0 Å². The molecule has 1 atom stereocenters. The highest BCUT2D eigenvalue weighted by Gasteiger charge is 2.40. The highest BCUT2D eigenvalue weighted by Crippen LogP contribution is 2.42. The minimum Gasteiger partial charge on any atom is -0.303 e. The molecule has 104 valence electrons. The van der Waals surface area contributed by atoms with E-state index in [0.717, 1.165) is 25.9 Å². The van der Waals surface area contributed by atoms with Crippen LogP contribution < -0.4 is 0 Å². The molecule has 19 heavy (non-hydrogen) atoms. The summed E-state index contributed by atoms with van der Waals surface area (Å²) in [6.45, 7) is 2.02. The van der Waals surface area contributed by atoms with Crippen molar-refractivity contribution in [1.29, 1.82) is 0 Å². The third-order valence-corrected chi connectivity index (χ3v) is 4.27. The smallest absolute Gasteiger partial charge is 0.200 e. The first-order valence-corrected chi connectivity index (χ1v) is 6.24. The Kier molecular flexibility index (Phi) is 3.00. The van der Waals surface area contributed by atoms with E-state index >= 15 is 0 Å². The molecule has 4 rings (SSSR count). The summed E-state index contributed by atoms with van der Waals surface area (Å²) in [4.78, 5) is 2.00. The maximum absolute atomic E-state index is 13.8. The van der Waals surface area contributed by atoms with E-state index in [4.69, 9.17) is 0 Å². The SMILES string of the molecule is Fc1c(F)c(F)c([C@@H]2CN3CCC2CC3)c(F)c1F. The number of hydrogen-bond acceptors (Lipinski definition) is 1. The van der Waals surface area contributed by atoms with Gasteiger partial charge in [0.2, 0.25) is 5.82 Å². The van der Waals surface area contributed by atoms with Gasteiger partial charge in [0.1, 0.15) is 0 Å². The Morgan fingerprint density at radius 2 is 1.21 bits per heavy atom. The van der Waals surface area contributed by atoms with Crippen molar-refractivity contribution < 1.29 is 22.0 Å². The Hall–Kier alpha value is -1.17. The van der Waals surface area contributed by atoms with E-state index in [-0.39, 0.29) is 5.92 Å². The van der Waals surface area contributed by atoms with Crippen LogP contribution in [0.2, 0.25) is 0 Å². The van der Waals surface area contributed by atoms with Gasteiger partial charge in [0.05, 0.1) is 0 Å². The molecule has 0 saturated carbocycles. The van der Waals surface area contributed by atoms with Gasteiger partial charge in [0.25, 0.3) is 0 Å². The monoisotopic (exact) mass is 277 g/mol.